The number of fused-ring (bicyclic) bond motifs is 2. The number of hydrogen-bond donors (Lipinski definition) is 1. The second kappa shape index (κ2) is 6.25. The van der Waals surface area contributed by atoms with Gasteiger partial charge in [-0.25, -0.2) is 0 Å². The fourth-order valence-electron chi connectivity index (χ4n) is 4.03. The smallest absolute Gasteiger partial charge is 0.276 e. The third kappa shape index (κ3) is 2.42. The van der Waals surface area contributed by atoms with E-state index >= 15 is 0 Å². The number of nitrogens with one attached hydrogen (secondary N) is 1. The van der Waals surface area contributed by atoms with E-state index in [2.05, 4.69) is 10.5 Å². The lowest BCUT2D eigenvalue weighted by atomic mass is 9.75. The molecule has 1 fully saturated rings. The molecular formula is C19H21N3O4. The van der Waals surface area contributed by atoms with Crippen LogP contribution in [0.15, 0.2) is 28.8 Å². The van der Waals surface area contributed by atoms with E-state index in [0.717, 1.165) is 24.1 Å². The molecule has 2 amide bonds. The second-order valence-corrected chi connectivity index (χ2v) is 6.91. The number of nitrogens with zero attached hydrogens (tertiary/aromatic N) is 2. The monoisotopic (exact) mass is 355 g/mol. The molecule has 3 heterocycles. The van der Waals surface area contributed by atoms with Gasteiger partial charge in [-0.15, -0.1) is 0 Å². The predicted octanol–water partition coefficient (Wildman–Crippen LogP) is 2.26. The van der Waals surface area contributed by atoms with E-state index in [1.165, 1.54) is 0 Å². The molecule has 7 heteroatoms. The van der Waals surface area contributed by atoms with Crippen LogP contribution in [0.1, 0.15) is 40.2 Å². The number of anilines is 1. The number of methoxy groups -OCH3 is 1. The highest BCUT2D eigenvalue weighted by molar-refractivity contribution is 6.07. The Bertz CT molecular complexity index is 875. The topological polar surface area (TPSA) is 84.7 Å². The fourth-order valence-corrected chi connectivity index (χ4v) is 4.03. The van der Waals surface area contributed by atoms with Crippen molar-refractivity contribution in [2.75, 3.05) is 25.5 Å². The van der Waals surface area contributed by atoms with Crippen LogP contribution in [0.2, 0.25) is 0 Å². The first-order valence-corrected chi connectivity index (χ1v) is 8.71. The Hall–Kier alpha value is -2.67. The van der Waals surface area contributed by atoms with Crippen LogP contribution in [0.5, 0.6) is 0 Å². The molecule has 1 N–H and O–H groups in total. The summed E-state index contributed by atoms with van der Waals surface area (Å²) in [4.78, 5) is 27.6. The zero-order valence-corrected chi connectivity index (χ0v) is 14.9. The molecule has 0 radical (unpaired) electrons. The molecular weight excluding hydrogens is 334 g/mol. The number of aromatic nitrogens is 1. The molecule has 1 spiro atoms. The zero-order valence-electron chi connectivity index (χ0n) is 14.9. The number of piperidine rings is 1. The number of amides is 2. The van der Waals surface area contributed by atoms with Gasteiger partial charge in [0.2, 0.25) is 5.91 Å². The standard InChI is InChI=1S/C19H21N3O4/c1-12-13(10-25-2)16(21-26-12)17(23)22-9-5-8-19(11-22)14-6-3-4-7-15(14)20-18(19)24/h3-4,6-7H,5,8-11H2,1-2H3,(H,20,24)/t19-/m0/s1. The quantitative estimate of drug-likeness (QED) is 0.913. The molecule has 0 saturated carbocycles. The Labute approximate surface area is 151 Å². The van der Waals surface area contributed by atoms with Crippen LogP contribution < -0.4 is 5.32 Å². The average Bonchev–Trinajstić information content (AvgIpc) is 3.14. The van der Waals surface area contributed by atoms with E-state index in [1.54, 1.807) is 18.9 Å². The maximum Gasteiger partial charge on any atom is 0.276 e. The van der Waals surface area contributed by atoms with Gasteiger partial charge < -0.3 is 19.5 Å². The Kier molecular flexibility index (Phi) is 4.03. The molecule has 1 aromatic carbocycles. The largest absolute Gasteiger partial charge is 0.380 e. The SMILES string of the molecule is COCc1c(C(=O)N2CCC[C@@]3(C2)C(=O)Nc2ccccc23)noc1C. The number of hydrogen-bond acceptors (Lipinski definition) is 5. The molecule has 1 aromatic heterocycles. The highest BCUT2D eigenvalue weighted by Crippen LogP contribution is 2.43. The van der Waals surface area contributed by atoms with E-state index in [-0.39, 0.29) is 24.1 Å². The first-order chi connectivity index (χ1) is 12.6. The van der Waals surface area contributed by atoms with Crippen molar-refractivity contribution in [3.05, 3.63) is 46.8 Å². The van der Waals surface area contributed by atoms with Crippen LogP contribution in [0, 0.1) is 6.92 Å². The van der Waals surface area contributed by atoms with Gasteiger partial charge in [-0.3, -0.25) is 9.59 Å². The number of ether oxygens (including phenoxy) is 1. The minimum Gasteiger partial charge on any atom is -0.380 e. The maximum atomic E-state index is 13.1. The Morgan fingerprint density at radius 3 is 3.04 bits per heavy atom. The lowest BCUT2D eigenvalue weighted by Crippen LogP contribution is -2.52. The molecule has 136 valence electrons. The number of aryl methyl sites for hydroxylation is 1. The number of likely N-dealkylation sites (tertiary alicyclic amines) is 1. The normalized spacial score (nSPS) is 21.8. The van der Waals surface area contributed by atoms with Crippen LogP contribution in [0.25, 0.3) is 0 Å². The number of carbonyl (C=O) groups excluding carboxylic acids is 2. The van der Waals surface area contributed by atoms with Crippen LogP contribution in [-0.2, 0) is 21.6 Å². The Morgan fingerprint density at radius 2 is 2.23 bits per heavy atom. The van der Waals surface area contributed by atoms with Crippen molar-refractivity contribution in [2.45, 2.75) is 31.8 Å². The summed E-state index contributed by atoms with van der Waals surface area (Å²) < 4.78 is 10.4. The lowest BCUT2D eigenvalue weighted by molar-refractivity contribution is -0.122. The lowest BCUT2D eigenvalue weighted by Gasteiger charge is -2.38. The van der Waals surface area contributed by atoms with Gasteiger partial charge >= 0.3 is 0 Å². The number of rotatable bonds is 3. The van der Waals surface area contributed by atoms with E-state index in [9.17, 15) is 9.59 Å². The Balaban J connectivity index is 1.66. The highest BCUT2D eigenvalue weighted by Gasteiger charge is 2.50. The molecule has 0 bridgehead atoms. The van der Waals surface area contributed by atoms with Crippen molar-refractivity contribution in [3.8, 4) is 0 Å². The fraction of sp³-hybridized carbons (Fsp3) is 0.421. The summed E-state index contributed by atoms with van der Waals surface area (Å²) in [7, 11) is 1.57. The van der Waals surface area contributed by atoms with Gasteiger partial charge in [0.15, 0.2) is 5.69 Å². The number of benzene rings is 1. The molecule has 0 unspecified atom stereocenters. The third-order valence-corrected chi connectivity index (χ3v) is 5.38. The third-order valence-electron chi connectivity index (χ3n) is 5.38. The molecule has 1 saturated heterocycles. The summed E-state index contributed by atoms with van der Waals surface area (Å²) >= 11 is 0. The molecule has 2 aliphatic rings. The van der Waals surface area contributed by atoms with E-state index in [4.69, 9.17) is 9.26 Å². The summed E-state index contributed by atoms with van der Waals surface area (Å²) in [6.07, 6.45) is 1.48. The van der Waals surface area contributed by atoms with Crippen LogP contribution >= 0.6 is 0 Å². The first kappa shape index (κ1) is 16.8. The summed E-state index contributed by atoms with van der Waals surface area (Å²) in [6.45, 7) is 2.95. The second-order valence-electron chi connectivity index (χ2n) is 6.91. The predicted molar refractivity (Wildman–Crippen MR) is 93.8 cm³/mol. The van der Waals surface area contributed by atoms with Crippen molar-refractivity contribution >= 4 is 17.5 Å². The molecule has 26 heavy (non-hydrogen) atoms. The molecule has 7 nitrogen and oxygen atoms in total. The summed E-state index contributed by atoms with van der Waals surface area (Å²) in [6, 6.07) is 7.70. The first-order valence-electron chi connectivity index (χ1n) is 8.71. The van der Waals surface area contributed by atoms with Crippen molar-refractivity contribution in [2.24, 2.45) is 0 Å². The molecule has 4 rings (SSSR count). The zero-order chi connectivity index (χ0) is 18.3. The molecule has 0 aliphatic carbocycles. The van der Waals surface area contributed by atoms with Crippen molar-refractivity contribution in [1.29, 1.82) is 0 Å². The average molecular weight is 355 g/mol. The van der Waals surface area contributed by atoms with E-state index in [1.807, 2.05) is 24.3 Å². The summed E-state index contributed by atoms with van der Waals surface area (Å²) in [5, 5.41) is 6.90. The van der Waals surface area contributed by atoms with Gasteiger partial charge in [-0.05, 0) is 31.4 Å². The Morgan fingerprint density at radius 1 is 1.42 bits per heavy atom. The van der Waals surface area contributed by atoms with Crippen molar-refractivity contribution in [3.63, 3.8) is 0 Å². The van der Waals surface area contributed by atoms with Crippen molar-refractivity contribution in [1.82, 2.24) is 10.1 Å². The van der Waals surface area contributed by atoms with Gasteiger partial charge in [-0.2, -0.15) is 0 Å². The highest BCUT2D eigenvalue weighted by atomic mass is 16.5. The van der Waals surface area contributed by atoms with Crippen LogP contribution in [-0.4, -0.2) is 42.1 Å². The minimum absolute atomic E-state index is 0.0374. The van der Waals surface area contributed by atoms with Crippen LogP contribution in [0.4, 0.5) is 5.69 Å². The maximum absolute atomic E-state index is 13.1. The molecule has 2 aromatic rings. The molecule has 1 atom stereocenters. The van der Waals surface area contributed by atoms with E-state index in [0.29, 0.717) is 24.4 Å². The summed E-state index contributed by atoms with van der Waals surface area (Å²) in [5.41, 5.74) is 2.05. The van der Waals surface area contributed by atoms with E-state index < -0.39 is 5.41 Å². The number of para-hydroxylation sites is 1. The van der Waals surface area contributed by atoms with Gasteiger partial charge in [0.25, 0.3) is 5.91 Å². The molecule has 2 aliphatic heterocycles. The van der Waals surface area contributed by atoms with Gasteiger partial charge in [0, 0.05) is 25.9 Å². The van der Waals surface area contributed by atoms with Gasteiger partial charge in [0.1, 0.15) is 5.76 Å². The van der Waals surface area contributed by atoms with Gasteiger partial charge in [0.05, 0.1) is 17.6 Å². The van der Waals surface area contributed by atoms with Gasteiger partial charge in [-0.1, -0.05) is 23.4 Å². The number of carbonyl (C=O) groups is 2. The summed E-state index contributed by atoms with van der Waals surface area (Å²) in [5.74, 6) is 0.320. The minimum atomic E-state index is -0.690. The van der Waals surface area contributed by atoms with Crippen LogP contribution in [0.3, 0.4) is 0 Å². The van der Waals surface area contributed by atoms with Crippen molar-refractivity contribution < 1.29 is 18.8 Å².